The van der Waals surface area contributed by atoms with E-state index in [9.17, 15) is 8.42 Å². The van der Waals surface area contributed by atoms with E-state index in [4.69, 9.17) is 0 Å². The Bertz CT molecular complexity index is 680. The molecular weight excluding hydrogens is 294 g/mol. The molecule has 0 radical (unpaired) electrons. The Morgan fingerprint density at radius 1 is 1.30 bits per heavy atom. The van der Waals surface area contributed by atoms with Crippen molar-refractivity contribution in [2.45, 2.75) is 24.6 Å². The Hall–Kier alpha value is -1.44. The predicted octanol–water partition coefficient (Wildman–Crippen LogP) is 2.36. The van der Waals surface area contributed by atoms with Gasteiger partial charge in [-0.1, -0.05) is 6.92 Å². The zero-order valence-electron chi connectivity index (χ0n) is 11.4. The highest BCUT2D eigenvalue weighted by atomic mass is 32.2. The Morgan fingerprint density at radius 3 is 2.80 bits per heavy atom. The summed E-state index contributed by atoms with van der Waals surface area (Å²) in [6.07, 6.45) is 3.18. The number of anilines is 1. The Morgan fingerprint density at radius 2 is 2.10 bits per heavy atom. The number of thiophene rings is 1. The highest BCUT2D eigenvalue weighted by Crippen LogP contribution is 2.23. The van der Waals surface area contributed by atoms with E-state index in [1.807, 2.05) is 19.2 Å². The maximum absolute atomic E-state index is 12.3. The first-order valence-electron chi connectivity index (χ1n) is 6.24. The van der Waals surface area contributed by atoms with E-state index in [0.717, 1.165) is 17.7 Å². The average molecular weight is 311 g/mol. The fourth-order valence-corrected chi connectivity index (χ4v) is 3.92. The van der Waals surface area contributed by atoms with Crippen LogP contribution in [0.4, 0.5) is 5.69 Å². The second-order valence-electron chi connectivity index (χ2n) is 4.41. The maximum Gasteiger partial charge on any atom is 0.271 e. The summed E-state index contributed by atoms with van der Waals surface area (Å²) >= 11 is 1.22. The molecule has 0 unspecified atom stereocenters. The van der Waals surface area contributed by atoms with Gasteiger partial charge in [-0.25, -0.2) is 8.42 Å². The summed E-state index contributed by atoms with van der Waals surface area (Å²) in [5.41, 5.74) is 2.36. The molecule has 2 N–H and O–H groups in total. The van der Waals surface area contributed by atoms with Crippen LogP contribution < -0.4 is 10.0 Å². The number of sulfonamides is 1. The SMILES string of the molecule is CCNCc1csc(S(=O)(=O)Nc2cncc(C)c2)c1. The lowest BCUT2D eigenvalue weighted by Crippen LogP contribution is -2.12. The van der Waals surface area contributed by atoms with Gasteiger partial charge in [-0.05, 0) is 42.1 Å². The van der Waals surface area contributed by atoms with E-state index in [1.54, 1.807) is 18.3 Å². The molecule has 2 heterocycles. The minimum Gasteiger partial charge on any atom is -0.313 e. The highest BCUT2D eigenvalue weighted by molar-refractivity contribution is 7.94. The minimum absolute atomic E-state index is 0.312. The minimum atomic E-state index is -3.53. The second kappa shape index (κ2) is 6.34. The van der Waals surface area contributed by atoms with Crippen molar-refractivity contribution in [3.63, 3.8) is 0 Å². The molecule has 0 saturated heterocycles. The Balaban J connectivity index is 2.16. The Kier molecular flexibility index (Phi) is 4.74. The number of hydrogen-bond acceptors (Lipinski definition) is 5. The van der Waals surface area contributed by atoms with Crippen LogP contribution in [-0.4, -0.2) is 19.9 Å². The van der Waals surface area contributed by atoms with E-state index in [0.29, 0.717) is 16.4 Å². The molecule has 0 aliphatic rings. The van der Waals surface area contributed by atoms with Crippen LogP contribution in [0.3, 0.4) is 0 Å². The smallest absolute Gasteiger partial charge is 0.271 e. The highest BCUT2D eigenvalue weighted by Gasteiger charge is 2.17. The van der Waals surface area contributed by atoms with Crippen LogP contribution in [0.5, 0.6) is 0 Å². The molecule has 0 amide bonds. The van der Waals surface area contributed by atoms with Crippen LogP contribution in [0.1, 0.15) is 18.1 Å². The number of aryl methyl sites for hydroxylation is 1. The van der Waals surface area contributed by atoms with Gasteiger partial charge in [0.1, 0.15) is 4.21 Å². The molecule has 108 valence electrons. The molecule has 20 heavy (non-hydrogen) atoms. The standard InChI is InChI=1S/C13H17N3O2S2/c1-3-14-7-11-5-13(19-9-11)20(17,18)16-12-4-10(2)6-15-8-12/h4-6,8-9,14,16H,3,7H2,1-2H3. The topological polar surface area (TPSA) is 71.1 Å². The zero-order valence-corrected chi connectivity index (χ0v) is 13.0. The normalized spacial score (nSPS) is 11.5. The van der Waals surface area contributed by atoms with Crippen molar-refractivity contribution in [1.82, 2.24) is 10.3 Å². The lowest BCUT2D eigenvalue weighted by molar-refractivity contribution is 0.603. The fourth-order valence-electron chi connectivity index (χ4n) is 1.67. The number of nitrogens with one attached hydrogen (secondary N) is 2. The van der Waals surface area contributed by atoms with Crippen LogP contribution in [0, 0.1) is 6.92 Å². The van der Waals surface area contributed by atoms with Gasteiger partial charge in [0, 0.05) is 12.7 Å². The summed E-state index contributed by atoms with van der Waals surface area (Å²) in [4.78, 5) is 3.97. The zero-order chi connectivity index (χ0) is 14.6. The first-order chi connectivity index (χ1) is 9.51. The third-order valence-electron chi connectivity index (χ3n) is 2.60. The van der Waals surface area contributed by atoms with Gasteiger partial charge in [-0.3, -0.25) is 9.71 Å². The first kappa shape index (κ1) is 15.0. The van der Waals surface area contributed by atoms with Gasteiger partial charge in [0.15, 0.2) is 0 Å². The molecule has 0 bridgehead atoms. The van der Waals surface area contributed by atoms with E-state index >= 15 is 0 Å². The summed E-state index contributed by atoms with van der Waals surface area (Å²) in [6, 6.07) is 3.44. The Labute approximate surface area is 123 Å². The second-order valence-corrected chi connectivity index (χ2v) is 7.23. The van der Waals surface area contributed by atoms with Crippen LogP contribution in [0.2, 0.25) is 0 Å². The molecule has 0 aliphatic carbocycles. The van der Waals surface area contributed by atoms with Crippen molar-refractivity contribution in [1.29, 1.82) is 0 Å². The summed E-state index contributed by atoms with van der Waals surface area (Å²) in [5, 5.41) is 5.02. The number of rotatable bonds is 6. The molecule has 0 saturated carbocycles. The largest absolute Gasteiger partial charge is 0.313 e. The summed E-state index contributed by atoms with van der Waals surface area (Å²) in [5.74, 6) is 0. The summed E-state index contributed by atoms with van der Waals surface area (Å²) in [6.45, 7) is 5.40. The molecule has 2 aromatic rings. The predicted molar refractivity (Wildman–Crippen MR) is 81.5 cm³/mol. The van der Waals surface area contributed by atoms with Crippen LogP contribution in [-0.2, 0) is 16.6 Å². The molecule has 2 aromatic heterocycles. The van der Waals surface area contributed by atoms with E-state index in [-0.39, 0.29) is 0 Å². The molecule has 0 atom stereocenters. The molecule has 0 spiro atoms. The molecule has 0 aliphatic heterocycles. The molecule has 0 fully saturated rings. The summed E-state index contributed by atoms with van der Waals surface area (Å²) in [7, 11) is -3.53. The van der Waals surface area contributed by atoms with Gasteiger partial charge in [-0.2, -0.15) is 0 Å². The van der Waals surface area contributed by atoms with Crippen LogP contribution >= 0.6 is 11.3 Å². The van der Waals surface area contributed by atoms with Crippen molar-refractivity contribution < 1.29 is 8.42 Å². The number of hydrogen-bond donors (Lipinski definition) is 2. The molecule has 7 heteroatoms. The van der Waals surface area contributed by atoms with Crippen LogP contribution in [0.15, 0.2) is 34.1 Å². The number of aromatic nitrogens is 1. The van der Waals surface area contributed by atoms with Gasteiger partial charge in [0.05, 0.1) is 11.9 Å². The van der Waals surface area contributed by atoms with E-state index < -0.39 is 10.0 Å². The molecular formula is C13H17N3O2S2. The lowest BCUT2D eigenvalue weighted by Gasteiger charge is -2.06. The van der Waals surface area contributed by atoms with Gasteiger partial charge in [0.2, 0.25) is 0 Å². The van der Waals surface area contributed by atoms with Crippen molar-refractivity contribution in [2.24, 2.45) is 0 Å². The van der Waals surface area contributed by atoms with Crippen molar-refractivity contribution in [3.8, 4) is 0 Å². The van der Waals surface area contributed by atoms with Gasteiger partial charge in [0.25, 0.3) is 10.0 Å². The molecule has 2 rings (SSSR count). The van der Waals surface area contributed by atoms with Gasteiger partial charge in [-0.15, -0.1) is 11.3 Å². The lowest BCUT2D eigenvalue weighted by atomic mass is 10.3. The monoisotopic (exact) mass is 311 g/mol. The molecule has 0 aromatic carbocycles. The van der Waals surface area contributed by atoms with E-state index in [1.165, 1.54) is 17.5 Å². The van der Waals surface area contributed by atoms with E-state index in [2.05, 4.69) is 15.0 Å². The third-order valence-corrected chi connectivity index (χ3v) is 5.47. The number of nitrogens with zero attached hydrogens (tertiary/aromatic N) is 1. The van der Waals surface area contributed by atoms with Crippen molar-refractivity contribution in [3.05, 3.63) is 41.0 Å². The quantitative estimate of drug-likeness (QED) is 0.859. The average Bonchev–Trinajstić information content (AvgIpc) is 2.85. The third kappa shape index (κ3) is 3.78. The van der Waals surface area contributed by atoms with Crippen molar-refractivity contribution in [2.75, 3.05) is 11.3 Å². The number of pyridine rings is 1. The van der Waals surface area contributed by atoms with Crippen molar-refractivity contribution >= 4 is 27.0 Å². The van der Waals surface area contributed by atoms with Crippen LogP contribution in [0.25, 0.3) is 0 Å². The van der Waals surface area contributed by atoms with Gasteiger partial charge < -0.3 is 5.32 Å². The fraction of sp³-hybridized carbons (Fsp3) is 0.308. The first-order valence-corrected chi connectivity index (χ1v) is 8.60. The summed E-state index contributed by atoms with van der Waals surface area (Å²) < 4.78 is 27.4. The molecule has 5 nitrogen and oxygen atoms in total. The maximum atomic E-state index is 12.3. The van der Waals surface area contributed by atoms with Gasteiger partial charge >= 0.3 is 0 Å².